The zero-order chi connectivity index (χ0) is 14.4. The third-order valence-corrected chi connectivity index (χ3v) is 3.94. The Morgan fingerprint density at radius 1 is 1.40 bits per heavy atom. The summed E-state index contributed by atoms with van der Waals surface area (Å²) in [6, 6.07) is 2.66. The van der Waals surface area contributed by atoms with Gasteiger partial charge in [0.2, 0.25) is 5.95 Å². The van der Waals surface area contributed by atoms with E-state index in [0.29, 0.717) is 0 Å². The van der Waals surface area contributed by atoms with E-state index < -0.39 is 0 Å². The Morgan fingerprint density at radius 2 is 2.25 bits per heavy atom. The molecular formula is C15H27N5. The second kappa shape index (κ2) is 7.43. The first-order valence-corrected chi connectivity index (χ1v) is 7.65. The maximum absolute atomic E-state index is 4.46. The van der Waals surface area contributed by atoms with Crippen LogP contribution in [0.3, 0.4) is 0 Å². The highest BCUT2D eigenvalue weighted by Gasteiger charge is 2.16. The molecule has 0 bridgehead atoms. The number of hydrogen-bond donors (Lipinski definition) is 1. The summed E-state index contributed by atoms with van der Waals surface area (Å²) in [5, 5.41) is 3.32. The lowest BCUT2D eigenvalue weighted by Gasteiger charge is -2.33. The molecule has 1 aliphatic rings. The van der Waals surface area contributed by atoms with Crippen LogP contribution in [-0.4, -0.2) is 54.6 Å². The van der Waals surface area contributed by atoms with Crippen molar-refractivity contribution in [1.82, 2.24) is 14.9 Å². The molecule has 1 aromatic heterocycles. The van der Waals surface area contributed by atoms with Crippen molar-refractivity contribution in [3.05, 3.63) is 12.3 Å². The quantitative estimate of drug-likeness (QED) is 0.808. The maximum atomic E-state index is 4.46. The van der Waals surface area contributed by atoms with Gasteiger partial charge in [0.05, 0.1) is 0 Å². The van der Waals surface area contributed by atoms with Gasteiger partial charge in [-0.1, -0.05) is 6.42 Å². The first-order valence-electron chi connectivity index (χ1n) is 7.65. The lowest BCUT2D eigenvalue weighted by molar-refractivity contribution is 0.160. The number of aromatic nitrogens is 2. The highest BCUT2D eigenvalue weighted by atomic mass is 15.2. The Kier molecular flexibility index (Phi) is 5.59. The van der Waals surface area contributed by atoms with Crippen molar-refractivity contribution in [1.29, 1.82) is 0 Å². The summed E-state index contributed by atoms with van der Waals surface area (Å²) < 4.78 is 0. The first-order chi connectivity index (χ1) is 9.66. The van der Waals surface area contributed by atoms with E-state index in [4.69, 9.17) is 0 Å². The summed E-state index contributed by atoms with van der Waals surface area (Å²) in [5.74, 6) is 1.66. The molecule has 1 saturated heterocycles. The molecule has 20 heavy (non-hydrogen) atoms. The van der Waals surface area contributed by atoms with E-state index in [2.05, 4.69) is 27.1 Å². The van der Waals surface area contributed by atoms with Gasteiger partial charge in [0.25, 0.3) is 0 Å². The Balaban J connectivity index is 1.71. The monoisotopic (exact) mass is 277 g/mol. The smallest absolute Gasteiger partial charge is 0.224 e. The van der Waals surface area contributed by atoms with Crippen LogP contribution in [0.4, 0.5) is 11.8 Å². The third-order valence-electron chi connectivity index (χ3n) is 3.94. The van der Waals surface area contributed by atoms with E-state index in [-0.39, 0.29) is 0 Å². The van der Waals surface area contributed by atoms with Crippen molar-refractivity contribution >= 4 is 11.8 Å². The van der Waals surface area contributed by atoms with Crippen molar-refractivity contribution in [2.75, 3.05) is 43.9 Å². The second-order valence-corrected chi connectivity index (χ2v) is 5.79. The molecule has 1 aromatic rings. The predicted octanol–water partition coefficient (Wildman–Crippen LogP) is 2.22. The first kappa shape index (κ1) is 15.0. The molecule has 5 heteroatoms. The minimum atomic E-state index is 0.725. The molecule has 0 spiro atoms. The SMILES string of the molecule is CC1CCCCN1CCCNc1nccc(N(C)C)n1. The third kappa shape index (κ3) is 4.34. The summed E-state index contributed by atoms with van der Waals surface area (Å²) >= 11 is 0. The number of anilines is 2. The van der Waals surface area contributed by atoms with Crippen LogP contribution in [0.1, 0.15) is 32.6 Å². The lowest BCUT2D eigenvalue weighted by atomic mass is 10.0. The van der Waals surface area contributed by atoms with Crippen molar-refractivity contribution in [3.8, 4) is 0 Å². The van der Waals surface area contributed by atoms with Gasteiger partial charge in [-0.25, -0.2) is 4.98 Å². The average Bonchev–Trinajstić information content (AvgIpc) is 2.45. The highest BCUT2D eigenvalue weighted by Crippen LogP contribution is 2.16. The van der Waals surface area contributed by atoms with E-state index >= 15 is 0 Å². The van der Waals surface area contributed by atoms with Crippen LogP contribution in [0.25, 0.3) is 0 Å². The van der Waals surface area contributed by atoms with Gasteiger partial charge < -0.3 is 15.1 Å². The zero-order valence-electron chi connectivity index (χ0n) is 13.0. The van der Waals surface area contributed by atoms with E-state index in [9.17, 15) is 0 Å². The molecule has 2 heterocycles. The van der Waals surface area contributed by atoms with E-state index in [1.165, 1.54) is 32.4 Å². The standard InChI is InChI=1S/C15H27N5/c1-13-7-4-5-11-20(13)12-6-9-16-15-17-10-8-14(18-15)19(2)3/h8,10,13H,4-7,9,11-12H2,1-3H3,(H,16,17,18). The Hall–Kier alpha value is -1.36. The molecule has 0 aromatic carbocycles. The molecule has 0 amide bonds. The van der Waals surface area contributed by atoms with E-state index in [1.54, 1.807) is 6.20 Å². The van der Waals surface area contributed by atoms with Crippen LogP contribution >= 0.6 is 0 Å². The number of nitrogens with zero attached hydrogens (tertiary/aromatic N) is 4. The van der Waals surface area contributed by atoms with Crippen LogP contribution < -0.4 is 10.2 Å². The Morgan fingerprint density at radius 3 is 3.00 bits per heavy atom. The number of nitrogens with one attached hydrogen (secondary N) is 1. The molecule has 112 valence electrons. The number of rotatable bonds is 6. The van der Waals surface area contributed by atoms with Gasteiger partial charge in [0, 0.05) is 39.4 Å². The summed E-state index contributed by atoms with van der Waals surface area (Å²) in [7, 11) is 3.98. The number of piperidine rings is 1. The van der Waals surface area contributed by atoms with Crippen molar-refractivity contribution in [2.45, 2.75) is 38.6 Å². The molecule has 5 nitrogen and oxygen atoms in total. The minimum absolute atomic E-state index is 0.725. The van der Waals surface area contributed by atoms with Crippen molar-refractivity contribution < 1.29 is 0 Å². The molecule has 1 unspecified atom stereocenters. The van der Waals surface area contributed by atoms with Crippen LogP contribution in [0.15, 0.2) is 12.3 Å². The summed E-state index contributed by atoms with van der Waals surface area (Å²) in [5.41, 5.74) is 0. The van der Waals surface area contributed by atoms with Gasteiger partial charge in [-0.15, -0.1) is 0 Å². The van der Waals surface area contributed by atoms with Gasteiger partial charge in [0.15, 0.2) is 0 Å². The fraction of sp³-hybridized carbons (Fsp3) is 0.733. The van der Waals surface area contributed by atoms with Crippen molar-refractivity contribution in [2.24, 2.45) is 0 Å². The van der Waals surface area contributed by atoms with Crippen LogP contribution in [0, 0.1) is 0 Å². The molecule has 1 fully saturated rings. The molecule has 1 aliphatic heterocycles. The lowest BCUT2D eigenvalue weighted by Crippen LogP contribution is -2.38. The Bertz CT molecular complexity index is 407. The molecule has 1 atom stereocenters. The molecule has 0 saturated carbocycles. The summed E-state index contributed by atoms with van der Waals surface area (Å²) in [6.45, 7) is 5.70. The van der Waals surface area contributed by atoms with E-state index in [1.807, 2.05) is 25.1 Å². The molecule has 1 N–H and O–H groups in total. The van der Waals surface area contributed by atoms with Gasteiger partial charge in [-0.3, -0.25) is 0 Å². The second-order valence-electron chi connectivity index (χ2n) is 5.79. The normalized spacial score (nSPS) is 19.9. The van der Waals surface area contributed by atoms with Gasteiger partial charge in [-0.2, -0.15) is 4.98 Å². The fourth-order valence-corrected chi connectivity index (χ4v) is 2.66. The van der Waals surface area contributed by atoms with Crippen molar-refractivity contribution in [3.63, 3.8) is 0 Å². The van der Waals surface area contributed by atoms with Gasteiger partial charge >= 0.3 is 0 Å². The predicted molar refractivity (Wildman–Crippen MR) is 84.4 cm³/mol. The van der Waals surface area contributed by atoms with Crippen LogP contribution in [-0.2, 0) is 0 Å². The summed E-state index contributed by atoms with van der Waals surface area (Å²) in [6.07, 6.45) is 7.03. The summed E-state index contributed by atoms with van der Waals surface area (Å²) in [4.78, 5) is 13.3. The van der Waals surface area contributed by atoms with Gasteiger partial charge in [0.1, 0.15) is 5.82 Å². The molecule has 0 radical (unpaired) electrons. The molecule has 0 aliphatic carbocycles. The zero-order valence-corrected chi connectivity index (χ0v) is 13.0. The topological polar surface area (TPSA) is 44.3 Å². The van der Waals surface area contributed by atoms with E-state index in [0.717, 1.165) is 30.8 Å². The number of likely N-dealkylation sites (tertiary alicyclic amines) is 1. The minimum Gasteiger partial charge on any atom is -0.363 e. The molecular weight excluding hydrogens is 250 g/mol. The van der Waals surface area contributed by atoms with Crippen LogP contribution in [0.2, 0.25) is 0 Å². The maximum Gasteiger partial charge on any atom is 0.224 e. The Labute approximate surface area is 122 Å². The highest BCUT2D eigenvalue weighted by molar-refractivity contribution is 5.40. The molecule has 2 rings (SSSR count). The number of hydrogen-bond acceptors (Lipinski definition) is 5. The van der Waals surface area contributed by atoms with Crippen LogP contribution in [0.5, 0.6) is 0 Å². The average molecular weight is 277 g/mol. The largest absolute Gasteiger partial charge is 0.363 e. The van der Waals surface area contributed by atoms with Gasteiger partial charge in [-0.05, 0) is 38.8 Å². The fourth-order valence-electron chi connectivity index (χ4n) is 2.66.